The summed E-state index contributed by atoms with van der Waals surface area (Å²) in [5.41, 5.74) is 0.338. The first-order valence-corrected chi connectivity index (χ1v) is 2.69. The van der Waals surface area contributed by atoms with Crippen molar-refractivity contribution >= 4 is 5.78 Å². The second-order valence-corrected chi connectivity index (χ2v) is 1.68. The SMILES string of the molecule is N#CC(=O)c1cccnc1. The Morgan fingerprint density at radius 2 is 2.50 bits per heavy atom. The predicted octanol–water partition coefficient (Wildman–Crippen LogP) is 0.788. The highest BCUT2D eigenvalue weighted by Crippen LogP contribution is 1.94. The van der Waals surface area contributed by atoms with Gasteiger partial charge in [-0.3, -0.25) is 9.78 Å². The van der Waals surface area contributed by atoms with Gasteiger partial charge in [0.1, 0.15) is 6.07 Å². The van der Waals surface area contributed by atoms with Crippen LogP contribution in [0.3, 0.4) is 0 Å². The van der Waals surface area contributed by atoms with Crippen LogP contribution in [-0.4, -0.2) is 10.8 Å². The van der Waals surface area contributed by atoms with E-state index in [2.05, 4.69) is 4.98 Å². The number of carbonyl (C=O) groups excluding carboxylic acids is 1. The topological polar surface area (TPSA) is 53.8 Å². The zero-order valence-electron chi connectivity index (χ0n) is 5.11. The molecule has 1 aromatic heterocycles. The van der Waals surface area contributed by atoms with Crippen LogP contribution in [0.2, 0.25) is 0 Å². The van der Waals surface area contributed by atoms with Crippen molar-refractivity contribution in [1.82, 2.24) is 4.98 Å². The van der Waals surface area contributed by atoms with Crippen molar-refractivity contribution in [3.63, 3.8) is 0 Å². The van der Waals surface area contributed by atoms with Crippen molar-refractivity contribution in [3.8, 4) is 6.07 Å². The third-order valence-corrected chi connectivity index (χ3v) is 1.03. The molecule has 1 heterocycles. The summed E-state index contributed by atoms with van der Waals surface area (Å²) in [7, 11) is 0. The molecule has 0 radical (unpaired) electrons. The van der Waals surface area contributed by atoms with E-state index in [1.807, 2.05) is 0 Å². The number of carbonyl (C=O) groups is 1. The summed E-state index contributed by atoms with van der Waals surface area (Å²) in [5.74, 6) is -0.548. The molecule has 0 bridgehead atoms. The number of nitrogens with zero attached hydrogens (tertiary/aromatic N) is 2. The normalized spacial score (nSPS) is 8.30. The van der Waals surface area contributed by atoms with Gasteiger partial charge in [0.15, 0.2) is 0 Å². The minimum absolute atomic E-state index is 0.338. The largest absolute Gasteiger partial charge is 0.277 e. The molecular weight excluding hydrogens is 128 g/mol. The van der Waals surface area contributed by atoms with Gasteiger partial charge in [0, 0.05) is 12.4 Å². The number of rotatable bonds is 1. The fourth-order valence-corrected chi connectivity index (χ4v) is 0.562. The van der Waals surface area contributed by atoms with Crippen LogP contribution in [0.5, 0.6) is 0 Å². The van der Waals surface area contributed by atoms with E-state index in [9.17, 15) is 4.79 Å². The fraction of sp³-hybridized carbons (Fsp3) is 0. The quantitative estimate of drug-likeness (QED) is 0.419. The molecule has 10 heavy (non-hydrogen) atoms. The predicted molar refractivity (Wildman–Crippen MR) is 34.2 cm³/mol. The summed E-state index contributed by atoms with van der Waals surface area (Å²) in [6, 6.07) is 4.67. The molecule has 48 valence electrons. The molecule has 0 fully saturated rings. The molecule has 0 spiro atoms. The number of ketones is 1. The monoisotopic (exact) mass is 132 g/mol. The minimum atomic E-state index is -0.548. The van der Waals surface area contributed by atoms with Gasteiger partial charge < -0.3 is 0 Å². The smallest absolute Gasteiger partial charge is 0.263 e. The fourth-order valence-electron chi connectivity index (χ4n) is 0.562. The van der Waals surface area contributed by atoms with Crippen LogP contribution in [0, 0.1) is 11.3 Å². The third kappa shape index (κ3) is 1.17. The Morgan fingerprint density at radius 3 is 3.00 bits per heavy atom. The van der Waals surface area contributed by atoms with E-state index in [-0.39, 0.29) is 0 Å². The molecule has 0 aliphatic carbocycles. The summed E-state index contributed by atoms with van der Waals surface area (Å²) in [6.45, 7) is 0. The summed E-state index contributed by atoms with van der Waals surface area (Å²) in [5, 5.41) is 8.16. The van der Waals surface area contributed by atoms with Gasteiger partial charge in [-0.15, -0.1) is 0 Å². The first kappa shape index (κ1) is 6.43. The number of nitriles is 1. The zero-order chi connectivity index (χ0) is 7.40. The van der Waals surface area contributed by atoms with Crippen LogP contribution in [0.1, 0.15) is 10.4 Å². The highest BCUT2D eigenvalue weighted by Gasteiger charge is 2.00. The van der Waals surface area contributed by atoms with E-state index in [1.165, 1.54) is 12.3 Å². The number of aromatic nitrogens is 1. The molecule has 0 atom stereocenters. The lowest BCUT2D eigenvalue weighted by Crippen LogP contribution is -1.93. The number of Topliss-reactive ketones (excluding diaryl/α,β-unsaturated/α-hetero) is 1. The Kier molecular flexibility index (Phi) is 1.76. The Bertz CT molecular complexity index is 273. The van der Waals surface area contributed by atoms with E-state index < -0.39 is 5.78 Å². The lowest BCUT2D eigenvalue weighted by Gasteiger charge is -1.86. The van der Waals surface area contributed by atoms with Crippen molar-refractivity contribution < 1.29 is 4.79 Å². The Labute approximate surface area is 57.9 Å². The van der Waals surface area contributed by atoms with E-state index in [0.29, 0.717) is 5.56 Å². The Morgan fingerprint density at radius 1 is 1.70 bits per heavy atom. The van der Waals surface area contributed by atoms with Crippen LogP contribution in [-0.2, 0) is 0 Å². The van der Waals surface area contributed by atoms with Gasteiger partial charge >= 0.3 is 0 Å². The maximum atomic E-state index is 10.6. The molecule has 3 heteroatoms. The lowest BCUT2D eigenvalue weighted by molar-refractivity contribution is 0.105. The molecule has 0 amide bonds. The number of pyridine rings is 1. The van der Waals surface area contributed by atoms with Gasteiger partial charge in [-0.25, -0.2) is 0 Å². The summed E-state index contributed by atoms with van der Waals surface area (Å²) in [6.07, 6.45) is 2.92. The molecule has 0 saturated heterocycles. The average Bonchev–Trinajstić information content (AvgIpc) is 2.05. The standard InChI is InChI=1S/C7H4N2O/c8-4-7(10)6-2-1-3-9-5-6/h1-3,5H. The van der Waals surface area contributed by atoms with Gasteiger partial charge in [0.25, 0.3) is 5.78 Å². The first-order chi connectivity index (χ1) is 4.84. The highest BCUT2D eigenvalue weighted by atomic mass is 16.1. The number of hydrogen-bond acceptors (Lipinski definition) is 3. The van der Waals surface area contributed by atoms with Gasteiger partial charge in [0.05, 0.1) is 5.56 Å². The molecule has 0 unspecified atom stereocenters. The molecule has 0 aliphatic rings. The Hall–Kier alpha value is -1.69. The molecule has 0 saturated carbocycles. The van der Waals surface area contributed by atoms with Crippen LogP contribution in [0.25, 0.3) is 0 Å². The first-order valence-electron chi connectivity index (χ1n) is 2.69. The summed E-state index contributed by atoms with van der Waals surface area (Å²) in [4.78, 5) is 14.3. The van der Waals surface area contributed by atoms with E-state index in [4.69, 9.17) is 5.26 Å². The van der Waals surface area contributed by atoms with Crippen molar-refractivity contribution in [3.05, 3.63) is 30.1 Å². The van der Waals surface area contributed by atoms with Gasteiger partial charge in [0.2, 0.25) is 0 Å². The van der Waals surface area contributed by atoms with Crippen molar-refractivity contribution in [1.29, 1.82) is 5.26 Å². The van der Waals surface area contributed by atoms with Gasteiger partial charge in [-0.1, -0.05) is 0 Å². The van der Waals surface area contributed by atoms with E-state index >= 15 is 0 Å². The second-order valence-electron chi connectivity index (χ2n) is 1.68. The van der Waals surface area contributed by atoms with Crippen LogP contribution < -0.4 is 0 Å². The highest BCUT2D eigenvalue weighted by molar-refractivity contribution is 6.07. The zero-order valence-corrected chi connectivity index (χ0v) is 5.11. The van der Waals surface area contributed by atoms with Gasteiger partial charge in [-0.2, -0.15) is 5.26 Å². The third-order valence-electron chi connectivity index (χ3n) is 1.03. The lowest BCUT2D eigenvalue weighted by atomic mass is 10.2. The van der Waals surface area contributed by atoms with Gasteiger partial charge in [-0.05, 0) is 12.1 Å². The molecule has 0 N–H and O–H groups in total. The number of hydrogen-bond donors (Lipinski definition) is 0. The maximum Gasteiger partial charge on any atom is 0.263 e. The van der Waals surface area contributed by atoms with Crippen LogP contribution in [0.15, 0.2) is 24.5 Å². The van der Waals surface area contributed by atoms with E-state index in [0.717, 1.165) is 0 Å². The maximum absolute atomic E-state index is 10.6. The molecule has 0 aromatic carbocycles. The summed E-state index contributed by atoms with van der Waals surface area (Å²) >= 11 is 0. The van der Waals surface area contributed by atoms with Crippen molar-refractivity contribution in [2.45, 2.75) is 0 Å². The molecule has 0 aliphatic heterocycles. The van der Waals surface area contributed by atoms with Crippen molar-refractivity contribution in [2.75, 3.05) is 0 Å². The molecule has 1 rings (SSSR count). The minimum Gasteiger partial charge on any atom is -0.277 e. The van der Waals surface area contributed by atoms with Crippen LogP contribution >= 0.6 is 0 Å². The van der Waals surface area contributed by atoms with Crippen LogP contribution in [0.4, 0.5) is 0 Å². The van der Waals surface area contributed by atoms with E-state index in [1.54, 1.807) is 18.3 Å². The summed E-state index contributed by atoms with van der Waals surface area (Å²) < 4.78 is 0. The molecule has 1 aromatic rings. The molecule has 3 nitrogen and oxygen atoms in total. The second kappa shape index (κ2) is 2.74. The molecular formula is C7H4N2O. The van der Waals surface area contributed by atoms with Crippen molar-refractivity contribution in [2.24, 2.45) is 0 Å². The average molecular weight is 132 g/mol. The Balaban J connectivity index is 2.99.